The number of nitrogens with zero attached hydrogens (tertiary/aromatic N) is 1. The van der Waals surface area contributed by atoms with E-state index >= 15 is 0 Å². The van der Waals surface area contributed by atoms with E-state index in [1.54, 1.807) is 0 Å². The van der Waals surface area contributed by atoms with Crippen molar-refractivity contribution < 1.29 is 23.8 Å². The van der Waals surface area contributed by atoms with Gasteiger partial charge in [0.05, 0.1) is 17.1 Å². The van der Waals surface area contributed by atoms with Crippen molar-refractivity contribution in [2.24, 2.45) is 0 Å². The van der Waals surface area contributed by atoms with E-state index in [0.29, 0.717) is 35.9 Å². The third-order valence-corrected chi connectivity index (χ3v) is 4.52. The van der Waals surface area contributed by atoms with Gasteiger partial charge in [0.1, 0.15) is 5.82 Å². The molecule has 0 bridgehead atoms. The van der Waals surface area contributed by atoms with Crippen LogP contribution < -0.4 is 0 Å². The van der Waals surface area contributed by atoms with Crippen LogP contribution >= 0.6 is 11.8 Å². The largest absolute Gasteiger partial charge is 0.396 e. The summed E-state index contributed by atoms with van der Waals surface area (Å²) in [5.41, 5.74) is 0.775. The molecule has 1 aliphatic heterocycles. The van der Waals surface area contributed by atoms with E-state index in [-0.39, 0.29) is 30.5 Å². The van der Waals surface area contributed by atoms with Crippen LogP contribution in [0.1, 0.15) is 18.9 Å². The lowest BCUT2D eigenvalue weighted by Gasteiger charge is -2.14. The Morgan fingerprint density at radius 2 is 1.92 bits per heavy atom. The van der Waals surface area contributed by atoms with Crippen molar-refractivity contribution in [2.75, 3.05) is 32.1 Å². The third kappa shape index (κ3) is 4.23. The SMILES string of the molecule is CCOCCCN1C(=O)C(SCCO)=C(c2ccc(F)cc2)C1=O. The number of aliphatic hydroxyl groups is 1. The summed E-state index contributed by atoms with van der Waals surface area (Å²) < 4.78 is 18.4. The monoisotopic (exact) mass is 353 g/mol. The molecule has 0 saturated heterocycles. The second-order valence-electron chi connectivity index (χ2n) is 5.10. The minimum absolute atomic E-state index is 0.101. The minimum atomic E-state index is -0.408. The summed E-state index contributed by atoms with van der Waals surface area (Å²) in [6.07, 6.45) is 0.556. The average molecular weight is 353 g/mol. The number of amides is 2. The van der Waals surface area contributed by atoms with Gasteiger partial charge in [-0.3, -0.25) is 14.5 Å². The molecular weight excluding hydrogens is 333 g/mol. The highest BCUT2D eigenvalue weighted by atomic mass is 32.2. The summed E-state index contributed by atoms with van der Waals surface area (Å²) in [6, 6.07) is 5.48. The molecule has 1 N–H and O–H groups in total. The number of rotatable bonds is 9. The van der Waals surface area contributed by atoms with Crippen LogP contribution in [0.2, 0.25) is 0 Å². The van der Waals surface area contributed by atoms with Crippen molar-refractivity contribution in [2.45, 2.75) is 13.3 Å². The maximum Gasteiger partial charge on any atom is 0.267 e. The molecule has 1 heterocycles. The zero-order chi connectivity index (χ0) is 17.5. The quantitative estimate of drug-likeness (QED) is 0.544. The zero-order valence-electron chi connectivity index (χ0n) is 13.5. The van der Waals surface area contributed by atoms with E-state index in [4.69, 9.17) is 9.84 Å². The number of benzene rings is 1. The third-order valence-electron chi connectivity index (χ3n) is 3.47. The molecule has 0 atom stereocenters. The van der Waals surface area contributed by atoms with Gasteiger partial charge in [-0.15, -0.1) is 11.8 Å². The van der Waals surface area contributed by atoms with Gasteiger partial charge >= 0.3 is 0 Å². The second kappa shape index (κ2) is 8.96. The Morgan fingerprint density at radius 3 is 2.54 bits per heavy atom. The topological polar surface area (TPSA) is 66.8 Å². The molecule has 2 amide bonds. The lowest BCUT2D eigenvalue weighted by Crippen LogP contribution is -2.33. The summed E-state index contributed by atoms with van der Waals surface area (Å²) >= 11 is 1.14. The van der Waals surface area contributed by atoms with Gasteiger partial charge in [-0.05, 0) is 31.0 Å². The molecule has 0 fully saturated rings. The first-order valence-electron chi connectivity index (χ1n) is 7.78. The summed E-state index contributed by atoms with van der Waals surface area (Å²) in [5.74, 6) is -0.849. The maximum absolute atomic E-state index is 13.1. The number of aliphatic hydroxyl groups excluding tert-OH is 1. The van der Waals surface area contributed by atoms with Gasteiger partial charge in [0, 0.05) is 25.5 Å². The van der Waals surface area contributed by atoms with Crippen molar-refractivity contribution in [3.63, 3.8) is 0 Å². The minimum Gasteiger partial charge on any atom is -0.396 e. The van der Waals surface area contributed by atoms with Crippen molar-refractivity contribution >= 4 is 29.1 Å². The Hall–Kier alpha value is -1.70. The van der Waals surface area contributed by atoms with Crippen LogP contribution in [0, 0.1) is 5.82 Å². The first-order valence-corrected chi connectivity index (χ1v) is 8.76. The normalized spacial score (nSPS) is 14.9. The molecule has 0 saturated carbocycles. The lowest BCUT2D eigenvalue weighted by atomic mass is 10.1. The van der Waals surface area contributed by atoms with E-state index in [9.17, 15) is 14.0 Å². The van der Waals surface area contributed by atoms with E-state index in [0.717, 1.165) is 11.8 Å². The zero-order valence-corrected chi connectivity index (χ0v) is 14.3. The van der Waals surface area contributed by atoms with E-state index < -0.39 is 5.82 Å². The number of hydrogen-bond donors (Lipinski definition) is 1. The molecule has 7 heteroatoms. The molecular formula is C17H20FNO4S. The van der Waals surface area contributed by atoms with E-state index in [1.165, 1.54) is 29.2 Å². The fraction of sp³-hybridized carbons (Fsp3) is 0.412. The average Bonchev–Trinajstić information content (AvgIpc) is 2.81. The maximum atomic E-state index is 13.1. The van der Waals surface area contributed by atoms with Gasteiger partial charge in [-0.2, -0.15) is 0 Å². The smallest absolute Gasteiger partial charge is 0.267 e. The summed E-state index contributed by atoms with van der Waals surface area (Å²) in [6.45, 7) is 3.10. The predicted molar refractivity (Wildman–Crippen MR) is 90.7 cm³/mol. The van der Waals surface area contributed by atoms with Crippen LogP contribution in [0.3, 0.4) is 0 Å². The Morgan fingerprint density at radius 1 is 1.21 bits per heavy atom. The van der Waals surface area contributed by atoms with Gasteiger partial charge < -0.3 is 9.84 Å². The second-order valence-corrected chi connectivity index (χ2v) is 6.20. The number of carbonyl (C=O) groups excluding carboxylic acids is 2. The molecule has 0 radical (unpaired) electrons. The van der Waals surface area contributed by atoms with Crippen LogP contribution in [0.15, 0.2) is 29.2 Å². The molecule has 0 aliphatic carbocycles. The standard InChI is InChI=1S/C17H20FNO4S/c1-2-23-10-3-8-19-16(21)14(12-4-6-13(18)7-5-12)15(17(19)22)24-11-9-20/h4-7,20H,2-3,8-11H2,1H3. The number of hydrogen-bond acceptors (Lipinski definition) is 5. The molecule has 24 heavy (non-hydrogen) atoms. The summed E-state index contributed by atoms with van der Waals surface area (Å²) in [5, 5.41) is 9.02. The Kier molecular flexibility index (Phi) is 6.96. The van der Waals surface area contributed by atoms with Crippen molar-refractivity contribution in [1.82, 2.24) is 4.90 Å². The lowest BCUT2D eigenvalue weighted by molar-refractivity contribution is -0.136. The predicted octanol–water partition coefficient (Wildman–Crippen LogP) is 2.06. The van der Waals surface area contributed by atoms with Gasteiger partial charge in [0.15, 0.2) is 0 Å². The van der Waals surface area contributed by atoms with E-state index in [1.807, 2.05) is 6.92 Å². The molecule has 0 unspecified atom stereocenters. The van der Waals surface area contributed by atoms with Gasteiger partial charge in [-0.25, -0.2) is 4.39 Å². The fourth-order valence-corrected chi connectivity index (χ4v) is 3.26. The summed E-state index contributed by atoms with van der Waals surface area (Å²) in [7, 11) is 0. The van der Waals surface area contributed by atoms with Crippen molar-refractivity contribution in [1.29, 1.82) is 0 Å². The van der Waals surface area contributed by atoms with Crippen molar-refractivity contribution in [3.05, 3.63) is 40.6 Å². The van der Waals surface area contributed by atoms with Gasteiger partial charge in [-0.1, -0.05) is 12.1 Å². The Balaban J connectivity index is 2.24. The Labute approximate surface area is 144 Å². The molecule has 0 spiro atoms. The highest BCUT2D eigenvalue weighted by molar-refractivity contribution is 8.04. The highest BCUT2D eigenvalue weighted by Crippen LogP contribution is 2.36. The molecule has 130 valence electrons. The van der Waals surface area contributed by atoms with Crippen LogP contribution in [0.25, 0.3) is 5.57 Å². The summed E-state index contributed by atoms with van der Waals surface area (Å²) in [4.78, 5) is 26.7. The van der Waals surface area contributed by atoms with Crippen LogP contribution in [-0.4, -0.2) is 53.9 Å². The van der Waals surface area contributed by atoms with Crippen LogP contribution in [0.5, 0.6) is 0 Å². The van der Waals surface area contributed by atoms with E-state index in [2.05, 4.69) is 0 Å². The number of carbonyl (C=O) groups is 2. The molecule has 1 aliphatic rings. The molecule has 0 aromatic heterocycles. The molecule has 1 aromatic rings. The number of halogens is 1. The van der Waals surface area contributed by atoms with Gasteiger partial charge in [0.2, 0.25) is 0 Å². The first-order chi connectivity index (χ1) is 11.6. The number of imide groups is 1. The molecule has 5 nitrogen and oxygen atoms in total. The van der Waals surface area contributed by atoms with Crippen molar-refractivity contribution in [3.8, 4) is 0 Å². The van der Waals surface area contributed by atoms with Gasteiger partial charge in [0.25, 0.3) is 11.8 Å². The highest BCUT2D eigenvalue weighted by Gasteiger charge is 2.38. The van der Waals surface area contributed by atoms with Crippen LogP contribution in [-0.2, 0) is 14.3 Å². The first kappa shape index (κ1) is 18.6. The molecule has 1 aromatic carbocycles. The Bertz CT molecular complexity index is 630. The molecule has 2 rings (SSSR count). The number of thioether (sulfide) groups is 1. The fourth-order valence-electron chi connectivity index (χ4n) is 2.38. The number of ether oxygens (including phenoxy) is 1. The van der Waals surface area contributed by atoms with Crippen LogP contribution in [0.4, 0.5) is 4.39 Å².